The van der Waals surface area contributed by atoms with Gasteiger partial charge in [-0.05, 0) is 19.9 Å². The van der Waals surface area contributed by atoms with E-state index in [1.54, 1.807) is 12.1 Å². The van der Waals surface area contributed by atoms with Gasteiger partial charge in [0.1, 0.15) is 11.6 Å². The van der Waals surface area contributed by atoms with E-state index in [1.807, 2.05) is 74.5 Å². The molecule has 0 saturated carbocycles. The number of nitrogens with zero attached hydrogens (tertiary/aromatic N) is 1. The van der Waals surface area contributed by atoms with Gasteiger partial charge in [-0.1, -0.05) is 83.0 Å². The largest absolute Gasteiger partial charge is 0.373 e. The standard InChI is InChI=1S/C25H20N2O3/c1-15-7-11-17(12-8-15)22-21(23(28)18-13-9-16(2)10-14-18)25(30-27-22)19-5-3-4-6-20(19)26-24(25)29/h3-14,21H,1-2H3,(H,26,29)/t21-,25+/m0/s1. The molecule has 5 heteroatoms. The first-order chi connectivity index (χ1) is 14.5. The lowest BCUT2D eigenvalue weighted by molar-refractivity contribution is -0.140. The van der Waals surface area contributed by atoms with E-state index >= 15 is 0 Å². The number of Topliss-reactive ketones (excluding diaryl/α,β-unsaturated/α-hetero) is 1. The fourth-order valence-corrected chi connectivity index (χ4v) is 4.19. The number of nitrogens with one attached hydrogen (secondary N) is 1. The molecule has 0 bridgehead atoms. The summed E-state index contributed by atoms with van der Waals surface area (Å²) < 4.78 is 0. The van der Waals surface area contributed by atoms with Crippen LogP contribution in [0.4, 0.5) is 5.69 Å². The predicted octanol–water partition coefficient (Wildman–Crippen LogP) is 4.38. The maximum absolute atomic E-state index is 13.8. The van der Waals surface area contributed by atoms with Crippen molar-refractivity contribution in [1.82, 2.24) is 0 Å². The minimum atomic E-state index is -1.52. The van der Waals surface area contributed by atoms with Gasteiger partial charge in [0.25, 0.3) is 11.5 Å². The molecule has 0 aliphatic carbocycles. The number of hydrogen-bond donors (Lipinski definition) is 1. The number of ketones is 1. The molecule has 3 aromatic rings. The van der Waals surface area contributed by atoms with Crippen molar-refractivity contribution >= 4 is 23.1 Å². The summed E-state index contributed by atoms with van der Waals surface area (Å²) in [7, 11) is 0. The van der Waals surface area contributed by atoms with Crippen LogP contribution in [0.2, 0.25) is 0 Å². The quantitative estimate of drug-likeness (QED) is 0.668. The predicted molar refractivity (Wildman–Crippen MR) is 115 cm³/mol. The van der Waals surface area contributed by atoms with Crippen LogP contribution in [0.25, 0.3) is 0 Å². The first-order valence-electron chi connectivity index (χ1n) is 9.85. The van der Waals surface area contributed by atoms with Gasteiger partial charge in [0.2, 0.25) is 0 Å². The Morgan fingerprint density at radius 1 is 0.933 bits per heavy atom. The minimum absolute atomic E-state index is 0.196. The van der Waals surface area contributed by atoms with Crippen molar-refractivity contribution in [2.24, 2.45) is 11.1 Å². The second-order valence-electron chi connectivity index (χ2n) is 7.83. The first kappa shape index (κ1) is 18.3. The van der Waals surface area contributed by atoms with E-state index in [4.69, 9.17) is 4.84 Å². The van der Waals surface area contributed by atoms with Crippen LogP contribution in [0.1, 0.15) is 32.6 Å². The maximum Gasteiger partial charge on any atom is 0.277 e. The number of carbonyl (C=O) groups is 2. The van der Waals surface area contributed by atoms with Crippen LogP contribution in [-0.2, 0) is 15.2 Å². The molecule has 30 heavy (non-hydrogen) atoms. The first-order valence-corrected chi connectivity index (χ1v) is 9.85. The number of benzene rings is 3. The van der Waals surface area contributed by atoms with Crippen molar-refractivity contribution in [3.63, 3.8) is 0 Å². The molecule has 0 aromatic heterocycles. The van der Waals surface area contributed by atoms with Gasteiger partial charge in [0.05, 0.1) is 0 Å². The van der Waals surface area contributed by atoms with E-state index in [1.165, 1.54) is 0 Å². The fourth-order valence-electron chi connectivity index (χ4n) is 4.19. The molecule has 1 N–H and O–H groups in total. The van der Waals surface area contributed by atoms with Gasteiger partial charge < -0.3 is 10.2 Å². The number of aryl methyl sites for hydroxylation is 2. The summed E-state index contributed by atoms with van der Waals surface area (Å²) in [5.74, 6) is -1.47. The lowest BCUT2D eigenvalue weighted by atomic mass is 9.74. The maximum atomic E-state index is 13.8. The number of carbonyl (C=O) groups excluding carboxylic acids is 2. The third kappa shape index (κ3) is 2.59. The summed E-state index contributed by atoms with van der Waals surface area (Å²) in [6.45, 7) is 3.96. The Kier molecular flexibility index (Phi) is 4.07. The van der Waals surface area contributed by atoms with Crippen molar-refractivity contribution in [3.8, 4) is 0 Å². The van der Waals surface area contributed by atoms with E-state index in [0.717, 1.165) is 16.7 Å². The number of rotatable bonds is 3. The van der Waals surface area contributed by atoms with E-state index in [2.05, 4.69) is 10.5 Å². The zero-order chi connectivity index (χ0) is 20.9. The third-order valence-electron chi connectivity index (χ3n) is 5.83. The Hall–Kier alpha value is -3.73. The Labute approximate surface area is 174 Å². The number of fused-ring (bicyclic) bond motifs is 2. The van der Waals surface area contributed by atoms with Gasteiger partial charge in [-0.25, -0.2) is 0 Å². The molecule has 1 amide bonds. The van der Waals surface area contributed by atoms with Crippen LogP contribution in [-0.4, -0.2) is 17.4 Å². The lowest BCUT2D eigenvalue weighted by Gasteiger charge is -2.26. The molecule has 5 rings (SSSR count). The van der Waals surface area contributed by atoms with E-state index in [0.29, 0.717) is 22.5 Å². The topological polar surface area (TPSA) is 67.8 Å². The Morgan fingerprint density at radius 2 is 1.57 bits per heavy atom. The smallest absolute Gasteiger partial charge is 0.277 e. The zero-order valence-corrected chi connectivity index (χ0v) is 16.7. The molecular formula is C25H20N2O3. The molecule has 2 aliphatic rings. The van der Waals surface area contributed by atoms with Crippen LogP contribution >= 0.6 is 0 Å². The van der Waals surface area contributed by atoms with Crippen molar-refractivity contribution in [1.29, 1.82) is 0 Å². The normalized spacial score (nSPS) is 21.7. The molecule has 0 fully saturated rings. The summed E-state index contributed by atoms with van der Waals surface area (Å²) in [6, 6.07) is 22.4. The van der Waals surface area contributed by atoms with Gasteiger partial charge in [0, 0.05) is 22.4 Å². The Bertz CT molecular complexity index is 1200. The van der Waals surface area contributed by atoms with Gasteiger partial charge in [-0.2, -0.15) is 0 Å². The molecule has 0 unspecified atom stereocenters. The molecule has 5 nitrogen and oxygen atoms in total. The highest BCUT2D eigenvalue weighted by Gasteiger charge is 2.63. The van der Waals surface area contributed by atoms with Crippen LogP contribution < -0.4 is 5.32 Å². The molecule has 2 aliphatic heterocycles. The van der Waals surface area contributed by atoms with Crippen LogP contribution in [0, 0.1) is 19.8 Å². The lowest BCUT2D eigenvalue weighted by Crippen LogP contribution is -2.46. The van der Waals surface area contributed by atoms with Crippen LogP contribution in [0.5, 0.6) is 0 Å². The Balaban J connectivity index is 1.69. The molecule has 148 valence electrons. The molecule has 2 atom stereocenters. The van der Waals surface area contributed by atoms with Crippen molar-refractivity contribution in [2.75, 3.05) is 5.32 Å². The Morgan fingerprint density at radius 3 is 2.27 bits per heavy atom. The number of hydrogen-bond acceptors (Lipinski definition) is 4. The van der Waals surface area contributed by atoms with E-state index < -0.39 is 11.5 Å². The summed E-state index contributed by atoms with van der Waals surface area (Å²) >= 11 is 0. The fraction of sp³-hybridized carbons (Fsp3) is 0.160. The van der Waals surface area contributed by atoms with Crippen molar-refractivity contribution in [3.05, 3.63) is 101 Å². The second-order valence-corrected chi connectivity index (χ2v) is 7.83. The highest BCUT2D eigenvalue weighted by Crippen LogP contribution is 2.49. The molecule has 2 heterocycles. The van der Waals surface area contributed by atoms with E-state index in [-0.39, 0.29) is 11.7 Å². The molecule has 3 aromatic carbocycles. The summed E-state index contributed by atoms with van der Waals surface area (Å²) in [5, 5.41) is 7.17. The van der Waals surface area contributed by atoms with Gasteiger partial charge in [-0.3, -0.25) is 9.59 Å². The zero-order valence-electron chi connectivity index (χ0n) is 16.7. The minimum Gasteiger partial charge on any atom is -0.373 e. The molecule has 0 radical (unpaired) electrons. The molecule has 1 spiro atoms. The summed E-state index contributed by atoms with van der Waals surface area (Å²) in [6.07, 6.45) is 0. The SMILES string of the molecule is Cc1ccc(C(=O)[C@@H]2C(c3ccc(C)cc3)=NO[C@@]23C(=O)Nc2ccccc23)cc1. The van der Waals surface area contributed by atoms with Crippen molar-refractivity contribution in [2.45, 2.75) is 19.4 Å². The number of anilines is 1. The average Bonchev–Trinajstić information content (AvgIpc) is 3.28. The molecule has 0 saturated heterocycles. The highest BCUT2D eigenvalue weighted by atomic mass is 16.7. The van der Waals surface area contributed by atoms with Crippen LogP contribution in [0.15, 0.2) is 78.0 Å². The summed E-state index contributed by atoms with van der Waals surface area (Å²) in [5.41, 5.74) is 3.66. The van der Waals surface area contributed by atoms with Crippen LogP contribution in [0.3, 0.4) is 0 Å². The second kappa shape index (κ2) is 6.66. The van der Waals surface area contributed by atoms with Crippen molar-refractivity contribution < 1.29 is 14.4 Å². The number of amides is 1. The van der Waals surface area contributed by atoms with E-state index in [9.17, 15) is 9.59 Å². The molecular weight excluding hydrogens is 376 g/mol. The highest BCUT2D eigenvalue weighted by molar-refractivity contribution is 6.24. The van der Waals surface area contributed by atoms with Gasteiger partial charge >= 0.3 is 0 Å². The number of para-hydroxylation sites is 1. The van der Waals surface area contributed by atoms with Gasteiger partial charge in [0.15, 0.2) is 5.78 Å². The van der Waals surface area contributed by atoms with Gasteiger partial charge in [-0.15, -0.1) is 0 Å². The number of oxime groups is 1. The third-order valence-corrected chi connectivity index (χ3v) is 5.83. The summed E-state index contributed by atoms with van der Waals surface area (Å²) in [4.78, 5) is 32.9. The monoisotopic (exact) mass is 396 g/mol. The average molecular weight is 396 g/mol.